The molecule has 0 saturated carbocycles. The SMILES string of the molecule is NC(=O)c1ccc2nc(Cl)cc(Cl)c2c1. The Morgan fingerprint density at radius 2 is 2.00 bits per heavy atom. The van der Waals surface area contributed by atoms with Crippen LogP contribution < -0.4 is 5.73 Å². The van der Waals surface area contributed by atoms with Gasteiger partial charge in [0.1, 0.15) is 5.15 Å². The van der Waals surface area contributed by atoms with Gasteiger partial charge in [0, 0.05) is 10.9 Å². The monoisotopic (exact) mass is 240 g/mol. The van der Waals surface area contributed by atoms with Gasteiger partial charge in [0.05, 0.1) is 10.5 Å². The Bertz CT molecular complexity index is 554. The van der Waals surface area contributed by atoms with Crippen LogP contribution in [0.25, 0.3) is 10.9 Å². The Morgan fingerprint density at radius 3 is 2.67 bits per heavy atom. The van der Waals surface area contributed by atoms with Crippen molar-refractivity contribution in [2.45, 2.75) is 0 Å². The van der Waals surface area contributed by atoms with Crippen molar-refractivity contribution in [2.75, 3.05) is 0 Å². The Morgan fingerprint density at radius 1 is 1.27 bits per heavy atom. The number of aromatic nitrogens is 1. The molecule has 0 radical (unpaired) electrons. The van der Waals surface area contributed by atoms with E-state index in [0.717, 1.165) is 0 Å². The largest absolute Gasteiger partial charge is 0.366 e. The Balaban J connectivity index is 2.76. The lowest BCUT2D eigenvalue weighted by atomic mass is 10.1. The van der Waals surface area contributed by atoms with Crippen molar-refractivity contribution in [3.8, 4) is 0 Å². The highest BCUT2D eigenvalue weighted by Gasteiger charge is 2.06. The molecule has 0 saturated heterocycles. The number of benzene rings is 1. The van der Waals surface area contributed by atoms with Gasteiger partial charge in [0.2, 0.25) is 5.91 Å². The summed E-state index contributed by atoms with van der Waals surface area (Å²) in [4.78, 5) is 15.0. The average molecular weight is 241 g/mol. The minimum Gasteiger partial charge on any atom is -0.366 e. The fourth-order valence-electron chi connectivity index (χ4n) is 1.31. The average Bonchev–Trinajstić information content (AvgIpc) is 2.16. The third-order valence-electron chi connectivity index (χ3n) is 2.01. The first kappa shape index (κ1) is 10.2. The summed E-state index contributed by atoms with van der Waals surface area (Å²) < 4.78 is 0. The topological polar surface area (TPSA) is 56.0 Å². The van der Waals surface area contributed by atoms with Crippen molar-refractivity contribution in [3.05, 3.63) is 40.0 Å². The van der Waals surface area contributed by atoms with E-state index < -0.39 is 5.91 Å². The number of rotatable bonds is 1. The zero-order valence-electron chi connectivity index (χ0n) is 7.50. The molecule has 0 unspecified atom stereocenters. The maximum absolute atomic E-state index is 11.0. The molecule has 0 aliphatic heterocycles. The molecule has 0 fully saturated rings. The number of hydrogen-bond donors (Lipinski definition) is 1. The second-order valence-electron chi connectivity index (χ2n) is 3.02. The van der Waals surface area contributed by atoms with E-state index in [-0.39, 0.29) is 0 Å². The van der Waals surface area contributed by atoms with Crippen LogP contribution in [-0.2, 0) is 0 Å². The van der Waals surface area contributed by atoms with Gasteiger partial charge in [-0.1, -0.05) is 23.2 Å². The van der Waals surface area contributed by atoms with Gasteiger partial charge >= 0.3 is 0 Å². The molecule has 15 heavy (non-hydrogen) atoms. The molecule has 2 rings (SSSR count). The number of nitrogens with two attached hydrogens (primary N) is 1. The van der Waals surface area contributed by atoms with Gasteiger partial charge < -0.3 is 5.73 Å². The summed E-state index contributed by atoms with van der Waals surface area (Å²) in [6, 6.07) is 6.37. The quantitative estimate of drug-likeness (QED) is 0.780. The first-order valence-corrected chi connectivity index (χ1v) is 4.89. The van der Waals surface area contributed by atoms with Crippen LogP contribution in [0.5, 0.6) is 0 Å². The molecule has 3 nitrogen and oxygen atoms in total. The summed E-state index contributed by atoms with van der Waals surface area (Å²) in [6.07, 6.45) is 0. The molecule has 1 heterocycles. The van der Waals surface area contributed by atoms with E-state index in [0.29, 0.717) is 26.6 Å². The van der Waals surface area contributed by atoms with Crippen LogP contribution >= 0.6 is 23.2 Å². The standard InChI is InChI=1S/C10H6Cl2N2O/c11-7-4-9(12)14-8-2-1-5(10(13)15)3-6(7)8/h1-4H,(H2,13,15). The highest BCUT2D eigenvalue weighted by Crippen LogP contribution is 2.25. The number of hydrogen-bond acceptors (Lipinski definition) is 2. The molecule has 5 heteroatoms. The molecule has 0 atom stereocenters. The van der Waals surface area contributed by atoms with Gasteiger partial charge in [-0.25, -0.2) is 4.98 Å². The van der Waals surface area contributed by atoms with E-state index in [9.17, 15) is 4.79 Å². The Hall–Kier alpha value is -1.32. The van der Waals surface area contributed by atoms with Crippen LogP contribution in [0.3, 0.4) is 0 Å². The third-order valence-corrected chi connectivity index (χ3v) is 2.52. The van der Waals surface area contributed by atoms with Crippen molar-refractivity contribution in [3.63, 3.8) is 0 Å². The van der Waals surface area contributed by atoms with Gasteiger partial charge in [-0.15, -0.1) is 0 Å². The molecule has 0 aliphatic rings. The van der Waals surface area contributed by atoms with E-state index >= 15 is 0 Å². The number of carbonyl (C=O) groups is 1. The van der Waals surface area contributed by atoms with Crippen molar-refractivity contribution in [1.82, 2.24) is 4.98 Å². The normalized spacial score (nSPS) is 10.5. The maximum atomic E-state index is 11.0. The second kappa shape index (κ2) is 3.68. The van der Waals surface area contributed by atoms with Gasteiger partial charge in [-0.05, 0) is 24.3 Å². The number of pyridine rings is 1. The summed E-state index contributed by atoms with van der Waals surface area (Å²) in [7, 11) is 0. The maximum Gasteiger partial charge on any atom is 0.248 e. The lowest BCUT2D eigenvalue weighted by Gasteiger charge is -2.02. The van der Waals surface area contributed by atoms with Crippen molar-refractivity contribution in [1.29, 1.82) is 0 Å². The summed E-state index contributed by atoms with van der Waals surface area (Å²) in [6.45, 7) is 0. The fourth-order valence-corrected chi connectivity index (χ4v) is 1.82. The number of nitrogens with zero attached hydrogens (tertiary/aromatic N) is 1. The van der Waals surface area contributed by atoms with Crippen LogP contribution in [-0.4, -0.2) is 10.9 Å². The van der Waals surface area contributed by atoms with E-state index in [1.165, 1.54) is 6.07 Å². The molecule has 76 valence electrons. The van der Waals surface area contributed by atoms with Gasteiger partial charge in [-0.2, -0.15) is 0 Å². The zero-order chi connectivity index (χ0) is 11.0. The minimum absolute atomic E-state index is 0.319. The molecule has 1 aromatic carbocycles. The third kappa shape index (κ3) is 1.89. The second-order valence-corrected chi connectivity index (χ2v) is 3.82. The lowest BCUT2D eigenvalue weighted by molar-refractivity contribution is 0.100. The van der Waals surface area contributed by atoms with Crippen LogP contribution in [0.2, 0.25) is 10.2 Å². The first-order chi connectivity index (χ1) is 7.08. The van der Waals surface area contributed by atoms with Gasteiger partial charge in [0.15, 0.2) is 0 Å². The predicted octanol–water partition coefficient (Wildman–Crippen LogP) is 2.64. The van der Waals surface area contributed by atoms with Crippen LogP contribution in [0, 0.1) is 0 Å². The lowest BCUT2D eigenvalue weighted by Crippen LogP contribution is -2.10. The summed E-state index contributed by atoms with van der Waals surface area (Å²) in [5, 5.41) is 1.43. The van der Waals surface area contributed by atoms with Gasteiger partial charge in [0.25, 0.3) is 0 Å². The molecule has 0 spiro atoms. The molecule has 0 aliphatic carbocycles. The summed E-state index contributed by atoms with van der Waals surface area (Å²) >= 11 is 11.7. The molecular formula is C10H6Cl2N2O. The number of fused-ring (bicyclic) bond motifs is 1. The first-order valence-electron chi connectivity index (χ1n) is 4.13. The van der Waals surface area contributed by atoms with Crippen molar-refractivity contribution in [2.24, 2.45) is 5.73 Å². The number of halogens is 2. The summed E-state index contributed by atoms with van der Waals surface area (Å²) in [5.41, 5.74) is 6.19. The molecule has 1 amide bonds. The molecule has 2 aromatic rings. The van der Waals surface area contributed by atoms with E-state index in [1.807, 2.05) is 0 Å². The smallest absolute Gasteiger partial charge is 0.248 e. The molecule has 2 N–H and O–H groups in total. The number of carbonyl (C=O) groups excluding carboxylic acids is 1. The van der Waals surface area contributed by atoms with Crippen LogP contribution in [0.15, 0.2) is 24.3 Å². The Kier molecular flexibility index (Phi) is 2.50. The van der Waals surface area contributed by atoms with E-state index in [2.05, 4.69) is 4.98 Å². The predicted molar refractivity (Wildman–Crippen MR) is 60.3 cm³/mol. The summed E-state index contributed by atoms with van der Waals surface area (Å²) in [5.74, 6) is -0.497. The highest BCUT2D eigenvalue weighted by atomic mass is 35.5. The zero-order valence-corrected chi connectivity index (χ0v) is 9.01. The molecule has 0 bridgehead atoms. The van der Waals surface area contributed by atoms with E-state index in [1.54, 1.807) is 18.2 Å². The minimum atomic E-state index is -0.497. The van der Waals surface area contributed by atoms with Crippen molar-refractivity contribution >= 4 is 40.0 Å². The van der Waals surface area contributed by atoms with E-state index in [4.69, 9.17) is 28.9 Å². The Labute approximate surface area is 95.8 Å². The van der Waals surface area contributed by atoms with Crippen LogP contribution in [0.1, 0.15) is 10.4 Å². The van der Waals surface area contributed by atoms with Gasteiger partial charge in [-0.3, -0.25) is 4.79 Å². The highest BCUT2D eigenvalue weighted by molar-refractivity contribution is 6.37. The number of amides is 1. The molecular weight excluding hydrogens is 235 g/mol. The number of primary amides is 1. The molecule has 1 aromatic heterocycles. The fraction of sp³-hybridized carbons (Fsp3) is 0. The van der Waals surface area contributed by atoms with Crippen molar-refractivity contribution < 1.29 is 4.79 Å². The van der Waals surface area contributed by atoms with Crippen LogP contribution in [0.4, 0.5) is 0 Å².